The number of carbonyl (C=O) groups excluding carboxylic acids is 1. The molecule has 4 aromatic rings. The summed E-state index contributed by atoms with van der Waals surface area (Å²) in [5.41, 5.74) is -3.91. The second-order valence-corrected chi connectivity index (χ2v) is 14.2. The summed E-state index contributed by atoms with van der Waals surface area (Å²) in [5, 5.41) is 51.2. The number of anilines is 1. The Kier molecular flexibility index (Phi) is 17.3. The molecular weight excluding hydrogens is 858 g/mol. The van der Waals surface area contributed by atoms with Crippen molar-refractivity contribution in [1.82, 2.24) is 0 Å². The molecule has 1 atom stereocenters. The molecule has 0 fully saturated rings. The average molecular weight is 874 g/mol. The predicted molar refractivity (Wildman–Crippen MR) is 164 cm³/mol. The molecule has 2 N–H and O–H groups in total. The molecule has 0 aromatic heterocycles. The number of phenolic OH excluding ortho intramolecular Hbond substituents is 2. The van der Waals surface area contributed by atoms with Gasteiger partial charge in [-0.1, -0.05) is 18.2 Å². The zero-order chi connectivity index (χ0) is 36.9. The van der Waals surface area contributed by atoms with Gasteiger partial charge in [-0.2, -0.15) is 20.3 Å². The van der Waals surface area contributed by atoms with Gasteiger partial charge in [0, 0.05) is 22.6 Å². The number of nitro benzene ring substituents is 1. The standard InChI is InChI=1S/C26H19N7O14S3.3Na.Ni/c1-12-22(26(36)32(31-12)14-5-3-2-4-6-14)29-27-17-9-15(48(39,40)41)7-13-8-20(50(45,46)47)23(25(35)21(13)17)30-28-18-10-16(49(42,43)44)11-19(24(18)34)33(37)38;;;;/h2-11,22,34-35H,1H3,(H,39,40,41)(H,42,43,44)(H,45,46,47);;;;/q;3*+1;/p-3. The van der Waals surface area contributed by atoms with Gasteiger partial charge in [0.2, 0.25) is 5.75 Å². The number of phenols is 2. The van der Waals surface area contributed by atoms with Crippen molar-refractivity contribution in [2.45, 2.75) is 27.7 Å². The molecule has 28 heteroatoms. The molecule has 5 rings (SSSR count). The molecule has 1 amide bonds. The van der Waals surface area contributed by atoms with Crippen LogP contribution in [0.4, 0.5) is 28.4 Å². The number of rotatable bonds is 9. The number of nitrogens with zero attached hydrogens (tertiary/aromatic N) is 7. The Hall–Kier alpha value is -2.30. The monoisotopic (exact) mass is 873 g/mol. The largest absolute Gasteiger partial charge is 1.00 e. The van der Waals surface area contributed by atoms with E-state index in [1.165, 1.54) is 6.92 Å². The topological polar surface area (TPSA) is 337 Å². The molecule has 4 aromatic carbocycles. The minimum absolute atomic E-state index is 0. The Morgan fingerprint density at radius 2 is 1.33 bits per heavy atom. The second-order valence-electron chi connectivity index (χ2n) is 10.1. The van der Waals surface area contributed by atoms with Crippen molar-refractivity contribution >= 4 is 81.2 Å². The summed E-state index contributed by atoms with van der Waals surface area (Å²) in [6.45, 7) is 1.41. The Morgan fingerprint density at radius 1 is 0.778 bits per heavy atom. The molecule has 0 bridgehead atoms. The van der Waals surface area contributed by atoms with E-state index in [-0.39, 0.29) is 117 Å². The maximum Gasteiger partial charge on any atom is 1.00 e. The third kappa shape index (κ3) is 10.6. The Labute approximate surface area is 381 Å². The number of hydrogen-bond donors (Lipinski definition) is 2. The first kappa shape index (κ1) is 49.7. The smallest absolute Gasteiger partial charge is 0.744 e. The van der Waals surface area contributed by atoms with Crippen LogP contribution in [0.3, 0.4) is 0 Å². The molecule has 0 saturated heterocycles. The van der Waals surface area contributed by atoms with E-state index in [0.717, 1.165) is 5.01 Å². The average Bonchev–Trinajstić information content (AvgIpc) is 3.30. The van der Waals surface area contributed by atoms with Gasteiger partial charge in [0.05, 0.1) is 42.1 Å². The summed E-state index contributed by atoms with van der Waals surface area (Å²) in [7, 11) is -16.4. The maximum absolute atomic E-state index is 13.1. The van der Waals surface area contributed by atoms with Crippen LogP contribution in [0.25, 0.3) is 10.8 Å². The van der Waals surface area contributed by atoms with Gasteiger partial charge < -0.3 is 23.9 Å². The zero-order valence-corrected chi connectivity index (χ0v) is 37.3. The van der Waals surface area contributed by atoms with Crippen LogP contribution in [-0.2, 0) is 51.6 Å². The fourth-order valence-corrected chi connectivity index (χ4v) is 6.24. The van der Waals surface area contributed by atoms with Crippen LogP contribution in [-0.4, -0.2) is 71.7 Å². The molecule has 1 unspecified atom stereocenters. The molecule has 1 aliphatic heterocycles. The van der Waals surface area contributed by atoms with Crippen molar-refractivity contribution in [2.24, 2.45) is 25.6 Å². The first-order chi connectivity index (χ1) is 23.2. The number of azo groups is 2. The maximum atomic E-state index is 13.1. The van der Waals surface area contributed by atoms with Gasteiger partial charge in [0.1, 0.15) is 41.7 Å². The molecule has 54 heavy (non-hydrogen) atoms. The van der Waals surface area contributed by atoms with Crippen molar-refractivity contribution in [1.29, 1.82) is 0 Å². The van der Waals surface area contributed by atoms with Crippen LogP contribution in [0, 0.1) is 10.1 Å². The fraction of sp³-hybridized carbons (Fsp3) is 0.0769. The Bertz CT molecular complexity index is 2580. The van der Waals surface area contributed by atoms with Crippen LogP contribution >= 0.6 is 0 Å². The van der Waals surface area contributed by atoms with Gasteiger partial charge in [-0.15, -0.1) is 10.2 Å². The van der Waals surface area contributed by atoms with Crippen molar-refractivity contribution in [2.75, 3.05) is 5.01 Å². The minimum atomic E-state index is -5.68. The fourth-order valence-electron chi connectivity index (χ4n) is 4.55. The van der Waals surface area contributed by atoms with E-state index in [4.69, 9.17) is 0 Å². The first-order valence-corrected chi connectivity index (χ1v) is 17.4. The number of carbonyl (C=O) groups is 1. The summed E-state index contributed by atoms with van der Waals surface area (Å²) in [6.07, 6.45) is 0. The summed E-state index contributed by atoms with van der Waals surface area (Å²) < 4.78 is 107. The number of hydrogen-bond acceptors (Lipinski definition) is 19. The first-order valence-electron chi connectivity index (χ1n) is 13.2. The van der Waals surface area contributed by atoms with E-state index in [0.29, 0.717) is 30.0 Å². The number of para-hydroxylation sites is 1. The molecule has 0 saturated carbocycles. The van der Waals surface area contributed by atoms with Gasteiger partial charge in [-0.05, 0) is 48.7 Å². The van der Waals surface area contributed by atoms with E-state index in [9.17, 15) is 64.0 Å². The van der Waals surface area contributed by atoms with Crippen molar-refractivity contribution in [3.8, 4) is 11.5 Å². The molecule has 0 spiro atoms. The third-order valence-corrected chi connectivity index (χ3v) is 9.30. The number of fused-ring (bicyclic) bond motifs is 1. The number of nitro groups is 1. The normalized spacial score (nSPS) is 14.6. The molecule has 0 aliphatic carbocycles. The van der Waals surface area contributed by atoms with Crippen LogP contribution in [0.15, 0.2) is 101 Å². The number of aromatic hydroxyl groups is 2. The number of hydrazone groups is 1. The number of benzene rings is 4. The van der Waals surface area contributed by atoms with Gasteiger partial charge in [-0.25, -0.2) is 25.3 Å². The number of amides is 1. The molecule has 270 valence electrons. The van der Waals surface area contributed by atoms with Crippen LogP contribution in [0.5, 0.6) is 11.5 Å². The van der Waals surface area contributed by atoms with Crippen LogP contribution < -0.4 is 93.7 Å². The van der Waals surface area contributed by atoms with Gasteiger partial charge in [0.25, 0.3) is 5.91 Å². The summed E-state index contributed by atoms with van der Waals surface area (Å²) in [4.78, 5) is 19.4. The summed E-state index contributed by atoms with van der Waals surface area (Å²) in [6, 6.07) is 8.82. The SMILES string of the molecule is CC1=NN(c2ccccc2)C(=O)C1N=Nc1cc(S(=O)(=O)[O-])cc2cc(S(=O)(=O)[O-])c(N=Nc3cc(S(=O)(=O)[O-])cc([N+](=O)[O-])c3O)c(O)c12.[Na+].[Na+].[Na+].[Ni]. The van der Waals surface area contributed by atoms with Crippen molar-refractivity contribution < 1.29 is 164 Å². The summed E-state index contributed by atoms with van der Waals surface area (Å²) in [5.74, 6) is -3.37. The molecule has 1 heterocycles. The Morgan fingerprint density at radius 3 is 1.87 bits per heavy atom. The van der Waals surface area contributed by atoms with Gasteiger partial charge >= 0.3 is 94.4 Å². The van der Waals surface area contributed by atoms with E-state index >= 15 is 0 Å². The van der Waals surface area contributed by atoms with E-state index in [1.54, 1.807) is 30.3 Å². The molecular formula is C26H16N7Na3NiO14S3. The van der Waals surface area contributed by atoms with Crippen LogP contribution in [0.1, 0.15) is 6.92 Å². The Balaban J connectivity index is 0.00000364. The second kappa shape index (κ2) is 18.8. The minimum Gasteiger partial charge on any atom is -0.744 e. The quantitative estimate of drug-likeness (QED) is 0.0521. The van der Waals surface area contributed by atoms with E-state index in [1.807, 2.05) is 0 Å². The van der Waals surface area contributed by atoms with E-state index < -0.39 is 107 Å². The molecule has 21 nitrogen and oxygen atoms in total. The third-order valence-electron chi connectivity index (χ3n) is 6.82. The zero-order valence-electron chi connectivity index (χ0n) is 27.8. The van der Waals surface area contributed by atoms with Crippen LogP contribution in [0.2, 0.25) is 0 Å². The summed E-state index contributed by atoms with van der Waals surface area (Å²) >= 11 is 0. The van der Waals surface area contributed by atoms with Crippen molar-refractivity contribution in [3.05, 3.63) is 70.8 Å². The van der Waals surface area contributed by atoms with E-state index in [2.05, 4.69) is 25.6 Å². The van der Waals surface area contributed by atoms with Gasteiger partial charge in [-0.3, -0.25) is 14.9 Å². The molecule has 1 aliphatic rings. The predicted octanol–water partition coefficient (Wildman–Crippen LogP) is -5.83. The molecule has 0 radical (unpaired) electrons. The van der Waals surface area contributed by atoms with Gasteiger partial charge in [0.15, 0.2) is 11.8 Å². The van der Waals surface area contributed by atoms with Crippen molar-refractivity contribution in [3.63, 3.8) is 0 Å².